The Morgan fingerprint density at radius 2 is 1.92 bits per heavy atom. The quantitative estimate of drug-likeness (QED) is 0.828. The van der Waals surface area contributed by atoms with Crippen LogP contribution >= 0.6 is 0 Å². The normalized spacial score (nSPS) is 16.6. The van der Waals surface area contributed by atoms with Crippen LogP contribution in [0.4, 0.5) is 4.39 Å². The lowest BCUT2D eigenvalue weighted by Gasteiger charge is -2.28. The van der Waals surface area contributed by atoms with Crippen molar-refractivity contribution >= 4 is 5.91 Å². The number of nitrogens with zero attached hydrogens (tertiary/aromatic N) is 1. The van der Waals surface area contributed by atoms with Gasteiger partial charge in [0.15, 0.2) is 5.76 Å². The number of nitrogens with one attached hydrogen (secondary N) is 1. The number of amides is 1. The van der Waals surface area contributed by atoms with Gasteiger partial charge in [0.1, 0.15) is 11.6 Å². The first-order chi connectivity index (χ1) is 12.1. The van der Waals surface area contributed by atoms with E-state index in [1.165, 1.54) is 12.1 Å². The summed E-state index contributed by atoms with van der Waals surface area (Å²) in [5.74, 6) is -0.0890. The monoisotopic (exact) mass is 348 g/mol. The number of halogens is 1. The smallest absolute Gasteiger partial charge is 0.287 e. The lowest BCUT2D eigenvalue weighted by atomic mass is 10.2. The molecule has 0 radical (unpaired) electrons. The van der Waals surface area contributed by atoms with Crippen molar-refractivity contribution in [3.63, 3.8) is 0 Å². The standard InChI is InChI=1S/C18H21FN2O4/c19-14-3-1-13(2-4-14)16-5-6-17(25-16)18(23)20-11-15(22)12-21-7-9-24-10-8-21/h1-6,15,22H,7-12H2,(H,20,23)/t15-/m0/s1. The summed E-state index contributed by atoms with van der Waals surface area (Å²) in [6, 6.07) is 9.05. The van der Waals surface area contributed by atoms with Crippen LogP contribution in [0.2, 0.25) is 0 Å². The van der Waals surface area contributed by atoms with Gasteiger partial charge in [-0.1, -0.05) is 0 Å². The van der Waals surface area contributed by atoms with E-state index in [4.69, 9.17) is 9.15 Å². The molecule has 1 aromatic carbocycles. The Balaban J connectivity index is 1.50. The number of carbonyl (C=O) groups is 1. The number of rotatable bonds is 6. The van der Waals surface area contributed by atoms with E-state index >= 15 is 0 Å². The van der Waals surface area contributed by atoms with Gasteiger partial charge in [-0.25, -0.2) is 4.39 Å². The molecule has 2 aromatic rings. The van der Waals surface area contributed by atoms with Crippen LogP contribution in [0.3, 0.4) is 0 Å². The van der Waals surface area contributed by atoms with Crippen LogP contribution < -0.4 is 5.32 Å². The lowest BCUT2D eigenvalue weighted by Crippen LogP contribution is -2.44. The first kappa shape index (κ1) is 17.6. The molecule has 0 bridgehead atoms. The van der Waals surface area contributed by atoms with Gasteiger partial charge in [-0.2, -0.15) is 0 Å². The van der Waals surface area contributed by atoms with E-state index in [9.17, 15) is 14.3 Å². The highest BCUT2D eigenvalue weighted by Crippen LogP contribution is 2.22. The number of ether oxygens (including phenoxy) is 1. The highest BCUT2D eigenvalue weighted by atomic mass is 19.1. The molecule has 1 saturated heterocycles. The second-order valence-corrected chi connectivity index (χ2v) is 5.95. The summed E-state index contributed by atoms with van der Waals surface area (Å²) in [5.41, 5.74) is 0.688. The van der Waals surface area contributed by atoms with Gasteiger partial charge in [-0.05, 0) is 36.4 Å². The number of β-amino-alcohol motifs (C(OH)–C–C–N with tert-alkyl or cyclic N) is 1. The maximum atomic E-state index is 13.0. The van der Waals surface area contributed by atoms with Gasteiger partial charge in [0.2, 0.25) is 0 Å². The zero-order chi connectivity index (χ0) is 17.6. The van der Waals surface area contributed by atoms with Crippen molar-refractivity contribution in [1.29, 1.82) is 0 Å². The van der Waals surface area contributed by atoms with Crippen LogP contribution in [0, 0.1) is 5.82 Å². The van der Waals surface area contributed by atoms with Crippen LogP contribution in [0.15, 0.2) is 40.8 Å². The molecule has 25 heavy (non-hydrogen) atoms. The zero-order valence-electron chi connectivity index (χ0n) is 13.8. The van der Waals surface area contributed by atoms with Crippen molar-refractivity contribution in [2.24, 2.45) is 0 Å². The number of aliphatic hydroxyl groups is 1. The summed E-state index contributed by atoms with van der Waals surface area (Å²) in [7, 11) is 0. The average Bonchev–Trinajstić information content (AvgIpc) is 3.11. The van der Waals surface area contributed by atoms with Gasteiger partial charge in [0.25, 0.3) is 5.91 Å². The molecule has 1 aliphatic rings. The van der Waals surface area contributed by atoms with Crippen LogP contribution in [0.1, 0.15) is 10.6 Å². The van der Waals surface area contributed by atoms with Crippen LogP contribution in [0.5, 0.6) is 0 Å². The molecular weight excluding hydrogens is 327 g/mol. The van der Waals surface area contributed by atoms with Crippen molar-refractivity contribution in [2.45, 2.75) is 6.10 Å². The molecule has 6 nitrogen and oxygen atoms in total. The molecule has 7 heteroatoms. The van der Waals surface area contributed by atoms with Gasteiger partial charge in [0.05, 0.1) is 19.3 Å². The Kier molecular flexibility index (Phi) is 5.80. The summed E-state index contributed by atoms with van der Waals surface area (Å²) in [6.07, 6.45) is -0.659. The number of furan rings is 1. The van der Waals surface area contributed by atoms with Crippen LogP contribution in [-0.2, 0) is 4.74 Å². The Labute approximate surface area is 145 Å². The maximum absolute atomic E-state index is 13.0. The van der Waals surface area contributed by atoms with Gasteiger partial charge in [0, 0.05) is 31.7 Å². The maximum Gasteiger partial charge on any atom is 0.287 e. The number of benzene rings is 1. The third-order valence-corrected chi connectivity index (χ3v) is 4.03. The minimum absolute atomic E-state index is 0.142. The van der Waals surface area contributed by atoms with Crippen LogP contribution in [-0.4, -0.2) is 61.4 Å². The molecule has 2 N–H and O–H groups in total. The van der Waals surface area contributed by atoms with E-state index in [1.54, 1.807) is 24.3 Å². The lowest BCUT2D eigenvalue weighted by molar-refractivity contribution is 0.0148. The fourth-order valence-electron chi connectivity index (χ4n) is 2.67. The van der Waals surface area contributed by atoms with Gasteiger partial charge in [-0.15, -0.1) is 0 Å². The predicted molar refractivity (Wildman–Crippen MR) is 89.7 cm³/mol. The summed E-state index contributed by atoms with van der Waals surface area (Å²) in [4.78, 5) is 14.2. The minimum atomic E-state index is -0.659. The third kappa shape index (κ3) is 4.88. The molecule has 1 atom stereocenters. The van der Waals surface area contributed by atoms with E-state index in [2.05, 4.69) is 10.2 Å². The van der Waals surface area contributed by atoms with Gasteiger partial charge >= 0.3 is 0 Å². The average molecular weight is 348 g/mol. The molecule has 1 amide bonds. The summed E-state index contributed by atoms with van der Waals surface area (Å²) < 4.78 is 23.7. The van der Waals surface area contributed by atoms with Crippen molar-refractivity contribution in [2.75, 3.05) is 39.4 Å². The number of carbonyl (C=O) groups excluding carboxylic acids is 1. The van der Waals surface area contributed by atoms with Crippen LogP contribution in [0.25, 0.3) is 11.3 Å². The van der Waals surface area contributed by atoms with E-state index in [0.717, 1.165) is 13.1 Å². The number of hydrogen-bond donors (Lipinski definition) is 2. The second-order valence-electron chi connectivity index (χ2n) is 5.95. The van der Waals surface area contributed by atoms with Crippen molar-refractivity contribution in [3.8, 4) is 11.3 Å². The Morgan fingerprint density at radius 3 is 2.64 bits per heavy atom. The van der Waals surface area contributed by atoms with Gasteiger partial charge < -0.3 is 19.6 Å². The van der Waals surface area contributed by atoms with E-state index < -0.39 is 12.0 Å². The number of hydrogen-bond acceptors (Lipinski definition) is 5. The summed E-state index contributed by atoms with van der Waals surface area (Å²) in [6.45, 7) is 3.52. The highest BCUT2D eigenvalue weighted by molar-refractivity contribution is 5.92. The first-order valence-electron chi connectivity index (χ1n) is 8.24. The highest BCUT2D eigenvalue weighted by Gasteiger charge is 2.17. The molecule has 134 valence electrons. The Morgan fingerprint density at radius 1 is 1.20 bits per heavy atom. The fraction of sp³-hybridized carbons (Fsp3) is 0.389. The van der Waals surface area contributed by atoms with E-state index in [1.807, 2.05) is 0 Å². The number of morpholine rings is 1. The second kappa shape index (κ2) is 8.24. The SMILES string of the molecule is O=C(NC[C@H](O)CN1CCOCC1)c1ccc(-c2ccc(F)cc2)o1. The fourth-order valence-corrected chi connectivity index (χ4v) is 2.67. The third-order valence-electron chi connectivity index (χ3n) is 4.03. The van der Waals surface area contributed by atoms with E-state index in [0.29, 0.717) is 31.1 Å². The molecule has 0 saturated carbocycles. The van der Waals surface area contributed by atoms with E-state index in [-0.39, 0.29) is 18.1 Å². The van der Waals surface area contributed by atoms with Crippen molar-refractivity contribution < 1.29 is 23.4 Å². The Hall–Kier alpha value is -2.22. The van der Waals surface area contributed by atoms with Crippen molar-refractivity contribution in [3.05, 3.63) is 48.0 Å². The first-order valence-corrected chi connectivity index (χ1v) is 8.24. The molecule has 1 aliphatic heterocycles. The topological polar surface area (TPSA) is 74.9 Å². The molecular formula is C18H21FN2O4. The number of aliphatic hydroxyl groups excluding tert-OH is 1. The van der Waals surface area contributed by atoms with Crippen molar-refractivity contribution in [1.82, 2.24) is 10.2 Å². The zero-order valence-corrected chi connectivity index (χ0v) is 13.8. The summed E-state index contributed by atoms with van der Waals surface area (Å²) >= 11 is 0. The summed E-state index contributed by atoms with van der Waals surface area (Å²) in [5, 5.41) is 12.7. The molecule has 1 aromatic heterocycles. The largest absolute Gasteiger partial charge is 0.451 e. The van der Waals surface area contributed by atoms with Gasteiger partial charge in [-0.3, -0.25) is 9.69 Å². The molecule has 0 unspecified atom stereocenters. The molecule has 1 fully saturated rings. The predicted octanol–water partition coefficient (Wildman–Crippen LogP) is 1.51. The molecule has 3 rings (SSSR count). The molecule has 0 spiro atoms. The molecule has 0 aliphatic carbocycles. The minimum Gasteiger partial charge on any atom is -0.451 e. The Bertz CT molecular complexity index is 695. The molecule has 2 heterocycles.